The molecule has 0 bridgehead atoms. The standard InChI is InChI=1S/C22H24N2O8.C4H11N5/c1-21(31)8-5-4-6-11(25)12(8)16(26)13-9(21)7-10-15(24(2)3)17(27)14(20(23)30)19(29)22(10,32)18(13)28;1-9(2)4(7)8-3(5)6/h4-6,9-10,15,25,27-28,31-32H,7H2,1-3H3,(H2,23,30);1-2H3,(H5,5,6,7,8)/t9-,10-,15-,21+,22-;/m0./s1. The molecular weight excluding hydrogens is 538 g/mol. The van der Waals surface area contributed by atoms with E-state index in [9.17, 15) is 39.9 Å². The average molecular weight is 574 g/mol. The second-order valence-corrected chi connectivity index (χ2v) is 10.7. The number of nitrogens with two attached hydrogens (primary N) is 2. The molecule has 4 rings (SSSR count). The molecule has 12 N–H and O–H groups in total. The van der Waals surface area contributed by atoms with Crippen molar-refractivity contribution in [2.24, 2.45) is 23.3 Å². The van der Waals surface area contributed by atoms with Crippen molar-refractivity contribution in [1.82, 2.24) is 15.1 Å². The summed E-state index contributed by atoms with van der Waals surface area (Å²) in [5, 5.41) is 71.1. The van der Waals surface area contributed by atoms with Gasteiger partial charge in [0.25, 0.3) is 5.91 Å². The maximum Gasteiger partial charge on any atom is 0.255 e. The van der Waals surface area contributed by atoms with E-state index in [1.807, 2.05) is 0 Å². The first kappa shape index (κ1) is 31.1. The van der Waals surface area contributed by atoms with Gasteiger partial charge in [0.05, 0.1) is 17.2 Å². The van der Waals surface area contributed by atoms with Gasteiger partial charge in [0.15, 0.2) is 23.3 Å². The normalized spacial score (nSPS) is 28.6. The highest BCUT2D eigenvalue weighted by Gasteiger charge is 2.65. The van der Waals surface area contributed by atoms with Gasteiger partial charge in [-0.2, -0.15) is 0 Å². The molecule has 0 fully saturated rings. The minimum atomic E-state index is -2.75. The van der Waals surface area contributed by atoms with Crippen molar-refractivity contribution in [3.63, 3.8) is 0 Å². The van der Waals surface area contributed by atoms with Crippen LogP contribution in [0.1, 0.15) is 29.3 Å². The number of fused-ring (bicyclic) bond motifs is 3. The first-order valence-electron chi connectivity index (χ1n) is 12.4. The Morgan fingerprint density at radius 2 is 1.66 bits per heavy atom. The van der Waals surface area contributed by atoms with Crippen LogP contribution in [0.2, 0.25) is 0 Å². The molecule has 0 unspecified atom stereocenters. The lowest BCUT2D eigenvalue weighted by Crippen LogP contribution is -2.65. The van der Waals surface area contributed by atoms with Gasteiger partial charge >= 0.3 is 0 Å². The highest BCUT2D eigenvalue weighted by molar-refractivity contribution is 6.24. The lowest BCUT2D eigenvalue weighted by Gasteiger charge is -2.52. The summed E-state index contributed by atoms with van der Waals surface area (Å²) >= 11 is 0. The number of rotatable bonds is 2. The van der Waals surface area contributed by atoms with Gasteiger partial charge in [-0.25, -0.2) is 0 Å². The minimum Gasteiger partial charge on any atom is -0.510 e. The zero-order valence-electron chi connectivity index (χ0n) is 23.2. The number of nitrogens with zero attached hydrogens (tertiary/aromatic N) is 2. The summed E-state index contributed by atoms with van der Waals surface area (Å²) in [5.41, 5.74) is 4.28. The Balaban J connectivity index is 0.000000445. The zero-order valence-corrected chi connectivity index (χ0v) is 23.2. The summed E-state index contributed by atoms with van der Waals surface area (Å²) in [6.07, 6.45) is -0.200. The van der Waals surface area contributed by atoms with Crippen LogP contribution in [0.4, 0.5) is 0 Å². The number of hydrogen-bond acceptors (Lipinski definition) is 11. The fourth-order valence-corrected chi connectivity index (χ4v) is 5.75. The van der Waals surface area contributed by atoms with E-state index in [0.29, 0.717) is 0 Å². The molecule has 0 aromatic heterocycles. The fourth-order valence-electron chi connectivity index (χ4n) is 5.75. The number of ketones is 2. The number of hydrogen-bond donors (Lipinski definition) is 10. The van der Waals surface area contributed by atoms with Crippen LogP contribution < -0.4 is 16.8 Å². The molecule has 0 radical (unpaired) electrons. The summed E-state index contributed by atoms with van der Waals surface area (Å²) < 4.78 is 0. The largest absolute Gasteiger partial charge is 0.510 e. The molecule has 0 spiro atoms. The average Bonchev–Trinajstić information content (AvgIpc) is 2.84. The number of benzene rings is 1. The lowest BCUT2D eigenvalue weighted by atomic mass is 9.55. The SMILES string of the molecule is CN(C)C(=N)NC(=N)N.CN(C)[C@@H]1C(O)=C(C(N)=O)C(=O)[C@@]2(O)C(O)=C3C(=O)c4c(O)cccc4[C@@](C)(O)[C@H]3C[C@@H]12. The van der Waals surface area contributed by atoms with Crippen LogP contribution in [-0.4, -0.2) is 105 Å². The van der Waals surface area contributed by atoms with Crippen LogP contribution in [0.3, 0.4) is 0 Å². The second-order valence-electron chi connectivity index (χ2n) is 10.7. The molecule has 0 aliphatic heterocycles. The highest BCUT2D eigenvalue weighted by Crippen LogP contribution is 2.56. The fraction of sp³-hybridized carbons (Fsp3) is 0.423. The van der Waals surface area contributed by atoms with Crippen LogP contribution in [0.25, 0.3) is 0 Å². The van der Waals surface area contributed by atoms with E-state index in [1.54, 1.807) is 14.1 Å². The van der Waals surface area contributed by atoms with Crippen molar-refractivity contribution < 1.29 is 39.9 Å². The summed E-state index contributed by atoms with van der Waals surface area (Å²) in [4.78, 5) is 41.4. The number of likely N-dealkylation sites (N-methyl/N-ethyl adjacent to an activating group) is 1. The summed E-state index contributed by atoms with van der Waals surface area (Å²) in [6.45, 7) is 1.40. The Morgan fingerprint density at radius 1 is 1.07 bits per heavy atom. The maximum atomic E-state index is 13.3. The van der Waals surface area contributed by atoms with E-state index >= 15 is 0 Å². The number of aromatic hydroxyl groups is 1. The zero-order chi connectivity index (χ0) is 31.4. The number of carbonyl (C=O) groups is 3. The molecule has 0 saturated carbocycles. The van der Waals surface area contributed by atoms with Crippen molar-refractivity contribution in [1.29, 1.82) is 10.8 Å². The monoisotopic (exact) mass is 573 g/mol. The molecule has 3 aliphatic rings. The van der Waals surface area contributed by atoms with Gasteiger partial charge in [0.1, 0.15) is 22.8 Å². The third-order valence-electron chi connectivity index (χ3n) is 7.72. The molecule has 1 amide bonds. The molecule has 5 atom stereocenters. The van der Waals surface area contributed by atoms with E-state index in [1.165, 1.54) is 49.0 Å². The van der Waals surface area contributed by atoms with E-state index in [4.69, 9.17) is 22.3 Å². The number of nitrogens with one attached hydrogen (secondary N) is 3. The van der Waals surface area contributed by atoms with Crippen molar-refractivity contribution >= 4 is 29.4 Å². The Hall–Kier alpha value is -4.47. The molecule has 1 aromatic rings. The quantitative estimate of drug-likeness (QED) is 0.113. The highest BCUT2D eigenvalue weighted by atomic mass is 16.3. The van der Waals surface area contributed by atoms with Crippen LogP contribution in [0.5, 0.6) is 5.75 Å². The first-order chi connectivity index (χ1) is 18.8. The van der Waals surface area contributed by atoms with Gasteiger partial charge in [-0.1, -0.05) is 12.1 Å². The van der Waals surface area contributed by atoms with Crippen molar-refractivity contribution in [2.45, 2.75) is 30.6 Å². The van der Waals surface area contributed by atoms with Gasteiger partial charge < -0.3 is 41.9 Å². The van der Waals surface area contributed by atoms with Crippen LogP contribution in [0, 0.1) is 22.7 Å². The molecule has 3 aliphatic carbocycles. The van der Waals surface area contributed by atoms with Crippen molar-refractivity contribution in [3.05, 3.63) is 52.0 Å². The molecule has 41 heavy (non-hydrogen) atoms. The van der Waals surface area contributed by atoms with E-state index in [0.717, 1.165) is 0 Å². The molecule has 0 heterocycles. The van der Waals surface area contributed by atoms with E-state index < -0.39 is 75.0 Å². The molecule has 222 valence electrons. The summed E-state index contributed by atoms with van der Waals surface area (Å²) in [5.74, 6) is -7.99. The topological polar surface area (TPSA) is 271 Å². The smallest absolute Gasteiger partial charge is 0.255 e. The number of Topliss-reactive ketones (excluding diaryl/α,β-unsaturated/α-hetero) is 2. The number of carbonyl (C=O) groups excluding carboxylic acids is 3. The van der Waals surface area contributed by atoms with Crippen LogP contribution in [0.15, 0.2) is 40.9 Å². The van der Waals surface area contributed by atoms with E-state index in [-0.39, 0.29) is 29.5 Å². The molecule has 1 aromatic carbocycles. The predicted molar refractivity (Wildman–Crippen MR) is 146 cm³/mol. The number of phenolic OH excluding ortho intramolecular Hbond substituents is 1. The Labute approximate surface area is 235 Å². The minimum absolute atomic E-state index is 0.113. The van der Waals surface area contributed by atoms with Crippen molar-refractivity contribution in [3.8, 4) is 5.75 Å². The summed E-state index contributed by atoms with van der Waals surface area (Å²) in [7, 11) is 6.45. The maximum absolute atomic E-state index is 13.3. The van der Waals surface area contributed by atoms with Gasteiger partial charge in [-0.3, -0.25) is 35.4 Å². The second kappa shape index (κ2) is 10.5. The third-order valence-corrected chi connectivity index (χ3v) is 7.72. The molecule has 0 saturated heterocycles. The van der Waals surface area contributed by atoms with Gasteiger partial charge in [-0.15, -0.1) is 0 Å². The van der Waals surface area contributed by atoms with Crippen molar-refractivity contribution in [2.75, 3.05) is 28.2 Å². The van der Waals surface area contributed by atoms with Crippen LogP contribution >= 0.6 is 0 Å². The predicted octanol–water partition coefficient (Wildman–Crippen LogP) is -1.25. The molecule has 15 heteroatoms. The summed E-state index contributed by atoms with van der Waals surface area (Å²) in [6, 6.07) is 3.05. The molecule has 15 nitrogen and oxygen atoms in total. The van der Waals surface area contributed by atoms with Gasteiger partial charge in [0, 0.05) is 31.5 Å². The number of aliphatic hydroxyl groups is 4. The number of primary amides is 1. The van der Waals surface area contributed by atoms with E-state index in [2.05, 4.69) is 5.32 Å². The van der Waals surface area contributed by atoms with Crippen LogP contribution in [-0.2, 0) is 15.2 Å². The number of guanidine groups is 2. The lowest BCUT2D eigenvalue weighted by molar-refractivity contribution is -0.151. The Morgan fingerprint density at radius 3 is 2.12 bits per heavy atom. The Kier molecular flexibility index (Phi) is 7.95. The first-order valence-corrected chi connectivity index (χ1v) is 12.4. The number of amides is 1. The number of phenols is 1. The molecular formula is C26H35N7O8. The van der Waals surface area contributed by atoms with Gasteiger partial charge in [-0.05, 0) is 39.1 Å². The number of aliphatic hydroxyl groups excluding tert-OH is 2. The third kappa shape index (κ3) is 4.77. The Bertz CT molecular complexity index is 1410. The van der Waals surface area contributed by atoms with Gasteiger partial charge in [0.2, 0.25) is 5.78 Å².